The van der Waals surface area contributed by atoms with E-state index in [0.29, 0.717) is 12.5 Å². The average Bonchev–Trinajstić information content (AvgIpc) is 2.93. The number of hydrogen-bond donors (Lipinski definition) is 1. The van der Waals surface area contributed by atoms with Crippen molar-refractivity contribution < 1.29 is 14.3 Å². The van der Waals surface area contributed by atoms with Crippen LogP contribution in [0, 0.1) is 0 Å². The summed E-state index contributed by atoms with van der Waals surface area (Å²) in [7, 11) is 0. The van der Waals surface area contributed by atoms with E-state index in [1.807, 2.05) is 6.20 Å². The Kier molecular flexibility index (Phi) is 5.91. The first-order chi connectivity index (χ1) is 10.5. The van der Waals surface area contributed by atoms with Crippen molar-refractivity contribution in [3.05, 3.63) is 11.9 Å². The molecular weight excluding hydrogens is 284 g/mol. The van der Waals surface area contributed by atoms with E-state index in [0.717, 1.165) is 18.5 Å². The number of rotatable bonds is 6. The van der Waals surface area contributed by atoms with Gasteiger partial charge in [0, 0.05) is 26.0 Å². The van der Waals surface area contributed by atoms with Gasteiger partial charge in [0.2, 0.25) is 5.91 Å². The summed E-state index contributed by atoms with van der Waals surface area (Å²) in [5.41, 5.74) is 1.01. The van der Waals surface area contributed by atoms with Crippen molar-refractivity contribution in [2.75, 3.05) is 6.54 Å². The fourth-order valence-electron chi connectivity index (χ4n) is 2.83. The van der Waals surface area contributed by atoms with Gasteiger partial charge in [-0.2, -0.15) is 0 Å². The Hall–Kier alpha value is -1.92. The van der Waals surface area contributed by atoms with Crippen LogP contribution in [0.15, 0.2) is 6.20 Å². The predicted octanol–water partition coefficient (Wildman–Crippen LogP) is 1.39. The van der Waals surface area contributed by atoms with E-state index in [9.17, 15) is 9.59 Å². The Balaban J connectivity index is 1.94. The molecule has 1 atom stereocenters. The van der Waals surface area contributed by atoms with Crippen molar-refractivity contribution in [3.8, 4) is 0 Å². The first-order valence-electron chi connectivity index (χ1n) is 7.86. The largest absolute Gasteiger partial charge is 0.459 e. The molecule has 1 fully saturated rings. The van der Waals surface area contributed by atoms with Gasteiger partial charge in [-0.05, 0) is 12.8 Å². The van der Waals surface area contributed by atoms with E-state index in [4.69, 9.17) is 4.74 Å². The van der Waals surface area contributed by atoms with Crippen molar-refractivity contribution in [3.63, 3.8) is 0 Å². The second-order valence-corrected chi connectivity index (χ2v) is 5.87. The van der Waals surface area contributed by atoms with Crippen LogP contribution in [0.1, 0.15) is 57.6 Å². The van der Waals surface area contributed by atoms with Gasteiger partial charge in [0.25, 0.3) is 0 Å². The molecule has 1 aromatic heterocycles. The Bertz CT molecular complexity index is 509. The molecule has 0 spiro atoms. The second-order valence-electron chi connectivity index (χ2n) is 5.87. The highest BCUT2D eigenvalue weighted by Crippen LogP contribution is 2.31. The van der Waals surface area contributed by atoms with Gasteiger partial charge in [-0.1, -0.05) is 24.5 Å². The van der Waals surface area contributed by atoms with Crippen molar-refractivity contribution in [1.82, 2.24) is 20.3 Å². The highest BCUT2D eigenvalue weighted by molar-refractivity contribution is 5.72. The number of nitrogens with one attached hydrogen (secondary N) is 1. The zero-order valence-corrected chi connectivity index (χ0v) is 13.2. The quantitative estimate of drug-likeness (QED) is 0.803. The zero-order chi connectivity index (χ0) is 15.9. The van der Waals surface area contributed by atoms with E-state index in [-0.39, 0.29) is 18.4 Å². The Labute approximate surface area is 130 Å². The van der Waals surface area contributed by atoms with Crippen molar-refractivity contribution in [2.45, 2.75) is 64.5 Å². The molecule has 0 bridgehead atoms. The van der Waals surface area contributed by atoms with Crippen LogP contribution in [-0.4, -0.2) is 39.5 Å². The van der Waals surface area contributed by atoms with Gasteiger partial charge in [0.05, 0.1) is 18.8 Å². The molecule has 7 heteroatoms. The van der Waals surface area contributed by atoms with E-state index < -0.39 is 6.10 Å². The zero-order valence-electron chi connectivity index (χ0n) is 13.2. The minimum Gasteiger partial charge on any atom is -0.459 e. The number of nitrogens with zero attached hydrogens (tertiary/aromatic N) is 3. The minimum absolute atomic E-state index is 0.154. The summed E-state index contributed by atoms with van der Waals surface area (Å²) in [6, 6.07) is 0. The van der Waals surface area contributed by atoms with Gasteiger partial charge in [0.1, 0.15) is 6.10 Å². The van der Waals surface area contributed by atoms with E-state index in [1.54, 1.807) is 4.68 Å². The number of carbonyl (C=O) groups excluding carboxylic acids is 2. The maximum Gasteiger partial charge on any atom is 0.303 e. The Morgan fingerprint density at radius 3 is 2.73 bits per heavy atom. The monoisotopic (exact) mass is 308 g/mol. The van der Waals surface area contributed by atoms with Crippen molar-refractivity contribution >= 4 is 11.9 Å². The molecule has 0 aromatic carbocycles. The van der Waals surface area contributed by atoms with Crippen LogP contribution in [0.4, 0.5) is 0 Å². The number of carbonyl (C=O) groups is 2. The minimum atomic E-state index is -0.442. The lowest BCUT2D eigenvalue weighted by Crippen LogP contribution is -2.36. The maximum atomic E-state index is 11.2. The third-order valence-corrected chi connectivity index (χ3v) is 3.88. The first kappa shape index (κ1) is 16.5. The van der Waals surface area contributed by atoms with Crippen LogP contribution in [0.3, 0.4) is 0 Å². The molecule has 1 aromatic rings. The average molecular weight is 308 g/mol. The fourth-order valence-corrected chi connectivity index (χ4v) is 2.83. The van der Waals surface area contributed by atoms with Crippen LogP contribution in [0.2, 0.25) is 0 Å². The molecule has 1 aliphatic rings. The van der Waals surface area contributed by atoms with Crippen LogP contribution in [-0.2, 0) is 20.9 Å². The highest BCUT2D eigenvalue weighted by Gasteiger charge is 2.20. The fraction of sp³-hybridized carbons (Fsp3) is 0.733. The summed E-state index contributed by atoms with van der Waals surface area (Å²) < 4.78 is 6.91. The van der Waals surface area contributed by atoms with Gasteiger partial charge < -0.3 is 10.1 Å². The SMILES string of the molecule is CC(=O)NC[C@@H](Cn1cc(C2CCCCC2)nn1)OC(C)=O. The third kappa shape index (κ3) is 5.13. The lowest BCUT2D eigenvalue weighted by Gasteiger charge is -2.19. The van der Waals surface area contributed by atoms with E-state index in [2.05, 4.69) is 15.6 Å². The standard InChI is InChI=1S/C15H24N4O3/c1-11(20)16-8-14(22-12(2)21)9-19-10-15(17-18-19)13-6-4-3-5-7-13/h10,13-14H,3-9H2,1-2H3,(H,16,20)/t14-/m0/s1. The Morgan fingerprint density at radius 1 is 1.36 bits per heavy atom. The van der Waals surface area contributed by atoms with Crippen molar-refractivity contribution in [2.24, 2.45) is 0 Å². The molecule has 122 valence electrons. The van der Waals surface area contributed by atoms with Gasteiger partial charge in [0.15, 0.2) is 0 Å². The van der Waals surface area contributed by atoms with Gasteiger partial charge in [-0.15, -0.1) is 5.10 Å². The van der Waals surface area contributed by atoms with Crippen LogP contribution in [0.5, 0.6) is 0 Å². The summed E-state index contributed by atoms with van der Waals surface area (Å²) in [6.45, 7) is 3.45. The molecule has 22 heavy (non-hydrogen) atoms. The molecule has 1 aliphatic carbocycles. The molecule has 1 amide bonds. The van der Waals surface area contributed by atoms with E-state index in [1.165, 1.54) is 33.1 Å². The molecule has 0 saturated heterocycles. The summed E-state index contributed by atoms with van der Waals surface area (Å²) in [4.78, 5) is 22.2. The van der Waals surface area contributed by atoms with Crippen LogP contribution in [0.25, 0.3) is 0 Å². The summed E-state index contributed by atoms with van der Waals surface area (Å²) in [6.07, 6.45) is 7.61. The maximum absolute atomic E-state index is 11.2. The number of hydrogen-bond acceptors (Lipinski definition) is 5. The molecule has 1 saturated carbocycles. The number of esters is 1. The number of aromatic nitrogens is 3. The van der Waals surface area contributed by atoms with Gasteiger partial charge in [-0.25, -0.2) is 4.68 Å². The summed E-state index contributed by atoms with van der Waals surface area (Å²) in [5, 5.41) is 11.0. The second kappa shape index (κ2) is 7.91. The molecule has 1 N–H and O–H groups in total. The lowest BCUT2D eigenvalue weighted by molar-refractivity contribution is -0.147. The lowest BCUT2D eigenvalue weighted by atomic mass is 9.87. The molecule has 0 aliphatic heterocycles. The summed E-state index contributed by atoms with van der Waals surface area (Å²) >= 11 is 0. The molecule has 1 heterocycles. The molecule has 2 rings (SSSR count). The normalized spacial score (nSPS) is 17.0. The topological polar surface area (TPSA) is 86.1 Å². The van der Waals surface area contributed by atoms with Crippen LogP contribution < -0.4 is 5.32 Å². The molecule has 0 radical (unpaired) electrons. The molecular formula is C15H24N4O3. The molecule has 7 nitrogen and oxygen atoms in total. The third-order valence-electron chi connectivity index (χ3n) is 3.88. The Morgan fingerprint density at radius 2 is 2.09 bits per heavy atom. The number of ether oxygens (including phenoxy) is 1. The highest BCUT2D eigenvalue weighted by atomic mass is 16.5. The van der Waals surface area contributed by atoms with Crippen LogP contribution >= 0.6 is 0 Å². The van der Waals surface area contributed by atoms with Gasteiger partial charge in [-0.3, -0.25) is 9.59 Å². The smallest absolute Gasteiger partial charge is 0.303 e. The first-order valence-corrected chi connectivity index (χ1v) is 7.86. The predicted molar refractivity (Wildman–Crippen MR) is 80.1 cm³/mol. The van der Waals surface area contributed by atoms with Crippen molar-refractivity contribution in [1.29, 1.82) is 0 Å². The van der Waals surface area contributed by atoms with E-state index >= 15 is 0 Å². The van der Waals surface area contributed by atoms with Gasteiger partial charge >= 0.3 is 5.97 Å². The number of amides is 1. The molecule has 0 unspecified atom stereocenters. The summed E-state index contributed by atoms with van der Waals surface area (Å²) in [5.74, 6) is -0.0355.